The zero-order chi connectivity index (χ0) is 8.97. The monoisotopic (exact) mass is 200 g/mol. The summed E-state index contributed by atoms with van der Waals surface area (Å²) >= 11 is 0. The largest absolute Gasteiger partial charge is 1.00 e. The van der Waals surface area contributed by atoms with Crippen molar-refractivity contribution in [1.29, 1.82) is 0 Å². The van der Waals surface area contributed by atoms with Crippen LogP contribution in [-0.2, 0) is 0 Å². The molecule has 0 bridgehead atoms. The summed E-state index contributed by atoms with van der Waals surface area (Å²) in [6.45, 7) is 5.00. The first-order valence-electron chi connectivity index (χ1n) is 4.17. The molecule has 0 aliphatic heterocycles. The van der Waals surface area contributed by atoms with Gasteiger partial charge in [0, 0.05) is 5.69 Å². The van der Waals surface area contributed by atoms with Crippen LogP contribution in [0.4, 0.5) is 5.69 Å². The van der Waals surface area contributed by atoms with Gasteiger partial charge in [-0.2, -0.15) is 0 Å². The number of benzene rings is 1. The van der Waals surface area contributed by atoms with Crippen LogP contribution in [0.2, 0.25) is 0 Å². The highest BCUT2D eigenvalue weighted by Crippen LogP contribution is 2.13. The van der Waals surface area contributed by atoms with Crippen molar-refractivity contribution in [2.75, 3.05) is 12.3 Å². The highest BCUT2D eigenvalue weighted by molar-refractivity contribution is 5.41. The van der Waals surface area contributed by atoms with Crippen LogP contribution in [0.3, 0.4) is 0 Å². The molecule has 0 saturated carbocycles. The molecule has 2 nitrogen and oxygen atoms in total. The van der Waals surface area contributed by atoms with Crippen LogP contribution < -0.4 is 22.9 Å². The number of nitrogens with two attached hydrogens (primary N) is 1. The minimum atomic E-state index is 0. The fourth-order valence-electron chi connectivity index (χ4n) is 0.827. The van der Waals surface area contributed by atoms with Gasteiger partial charge in [-0.15, -0.1) is 0 Å². The molecule has 74 valence electrons. The van der Waals surface area contributed by atoms with Crippen LogP contribution in [0.1, 0.15) is 13.8 Å². The lowest BCUT2D eigenvalue weighted by Gasteiger charge is -2.07. The number of hydrogen-bond acceptors (Lipinski definition) is 2. The Labute approximate surface area is 85.5 Å². The lowest BCUT2D eigenvalue weighted by atomic mass is 10.2. The predicted octanol–water partition coefficient (Wildman–Crippen LogP) is -0.692. The molecular formula is C10H15ClNO-. The average Bonchev–Trinajstić information content (AvgIpc) is 2.03. The van der Waals surface area contributed by atoms with Crippen molar-refractivity contribution >= 4 is 5.69 Å². The summed E-state index contributed by atoms with van der Waals surface area (Å²) in [5, 5.41) is 0. The molecule has 0 aromatic heterocycles. The zero-order valence-electron chi connectivity index (χ0n) is 7.96. The van der Waals surface area contributed by atoms with Crippen LogP contribution in [0, 0.1) is 5.92 Å². The number of halogens is 1. The Morgan fingerprint density at radius 1 is 1.23 bits per heavy atom. The van der Waals surface area contributed by atoms with Crippen molar-refractivity contribution in [1.82, 2.24) is 0 Å². The van der Waals surface area contributed by atoms with Crippen LogP contribution in [0.5, 0.6) is 5.75 Å². The fourth-order valence-corrected chi connectivity index (χ4v) is 0.827. The van der Waals surface area contributed by atoms with E-state index in [2.05, 4.69) is 13.8 Å². The van der Waals surface area contributed by atoms with Gasteiger partial charge >= 0.3 is 0 Å². The molecule has 2 N–H and O–H groups in total. The maximum atomic E-state index is 5.53. The van der Waals surface area contributed by atoms with E-state index in [1.807, 2.05) is 24.3 Å². The lowest BCUT2D eigenvalue weighted by Crippen LogP contribution is -3.00. The van der Waals surface area contributed by atoms with Crippen molar-refractivity contribution in [3.63, 3.8) is 0 Å². The van der Waals surface area contributed by atoms with Crippen molar-refractivity contribution in [3.8, 4) is 5.75 Å². The average molecular weight is 201 g/mol. The molecule has 1 aromatic carbocycles. The number of anilines is 1. The van der Waals surface area contributed by atoms with Gasteiger partial charge in [0.15, 0.2) is 0 Å². The first-order chi connectivity index (χ1) is 5.68. The molecule has 1 aromatic rings. The summed E-state index contributed by atoms with van der Waals surface area (Å²) in [6, 6.07) is 7.46. The molecule has 0 amide bonds. The van der Waals surface area contributed by atoms with Crippen LogP contribution in [-0.4, -0.2) is 6.61 Å². The summed E-state index contributed by atoms with van der Waals surface area (Å²) in [7, 11) is 0. The standard InChI is InChI=1S/C10H15NO.ClH/c1-8(2)7-12-10-5-3-9(11)4-6-10;/h3-6,8H,7,11H2,1-2H3;1H/p-1. The van der Waals surface area contributed by atoms with Gasteiger partial charge in [0.05, 0.1) is 6.61 Å². The van der Waals surface area contributed by atoms with E-state index in [1.54, 1.807) is 0 Å². The van der Waals surface area contributed by atoms with E-state index >= 15 is 0 Å². The first-order valence-corrected chi connectivity index (χ1v) is 4.17. The van der Waals surface area contributed by atoms with Crippen LogP contribution in [0.25, 0.3) is 0 Å². The Balaban J connectivity index is 0.00000144. The number of ether oxygens (including phenoxy) is 1. The second kappa shape index (κ2) is 5.70. The van der Waals surface area contributed by atoms with Gasteiger partial charge in [-0.3, -0.25) is 0 Å². The van der Waals surface area contributed by atoms with E-state index in [9.17, 15) is 0 Å². The molecule has 0 aliphatic carbocycles. The van der Waals surface area contributed by atoms with Gasteiger partial charge in [0.25, 0.3) is 0 Å². The Morgan fingerprint density at radius 3 is 2.23 bits per heavy atom. The number of hydrogen-bond donors (Lipinski definition) is 1. The van der Waals surface area contributed by atoms with Crippen molar-refractivity contribution < 1.29 is 17.1 Å². The van der Waals surface area contributed by atoms with Crippen LogP contribution in [0.15, 0.2) is 24.3 Å². The molecule has 0 radical (unpaired) electrons. The topological polar surface area (TPSA) is 35.2 Å². The zero-order valence-corrected chi connectivity index (χ0v) is 8.71. The number of rotatable bonds is 3. The van der Waals surface area contributed by atoms with Crippen molar-refractivity contribution in [2.45, 2.75) is 13.8 Å². The van der Waals surface area contributed by atoms with Gasteiger partial charge < -0.3 is 22.9 Å². The minimum absolute atomic E-state index is 0. The summed E-state index contributed by atoms with van der Waals surface area (Å²) in [4.78, 5) is 0. The molecule has 0 fully saturated rings. The normalized spacial score (nSPS) is 9.46. The molecule has 0 heterocycles. The summed E-state index contributed by atoms with van der Waals surface area (Å²) in [6.07, 6.45) is 0. The quantitative estimate of drug-likeness (QED) is 0.656. The molecule has 0 spiro atoms. The Morgan fingerprint density at radius 2 is 1.77 bits per heavy atom. The minimum Gasteiger partial charge on any atom is -1.00 e. The first kappa shape index (κ1) is 12.1. The van der Waals surface area contributed by atoms with E-state index in [-0.39, 0.29) is 12.4 Å². The molecular weight excluding hydrogens is 186 g/mol. The van der Waals surface area contributed by atoms with E-state index in [0.29, 0.717) is 5.92 Å². The fraction of sp³-hybridized carbons (Fsp3) is 0.400. The number of nitrogen functional groups attached to an aromatic ring is 1. The summed E-state index contributed by atoms with van der Waals surface area (Å²) in [5.74, 6) is 1.44. The maximum absolute atomic E-state index is 5.53. The van der Waals surface area contributed by atoms with E-state index in [0.717, 1.165) is 18.0 Å². The van der Waals surface area contributed by atoms with E-state index in [1.165, 1.54) is 0 Å². The third-order valence-electron chi connectivity index (χ3n) is 1.46. The van der Waals surface area contributed by atoms with Crippen molar-refractivity contribution in [2.24, 2.45) is 5.92 Å². The molecule has 13 heavy (non-hydrogen) atoms. The van der Waals surface area contributed by atoms with Gasteiger partial charge in [0.2, 0.25) is 0 Å². The smallest absolute Gasteiger partial charge is 0.119 e. The second-order valence-electron chi connectivity index (χ2n) is 3.27. The van der Waals surface area contributed by atoms with E-state index < -0.39 is 0 Å². The summed E-state index contributed by atoms with van der Waals surface area (Å²) in [5.41, 5.74) is 6.30. The van der Waals surface area contributed by atoms with Crippen LogP contribution >= 0.6 is 0 Å². The Hall–Kier alpha value is -0.890. The molecule has 0 aliphatic rings. The molecule has 0 saturated heterocycles. The molecule has 1 rings (SSSR count). The van der Waals surface area contributed by atoms with Gasteiger partial charge in [-0.1, -0.05) is 13.8 Å². The SMILES string of the molecule is CC(C)COc1ccc(N)cc1.[Cl-]. The molecule has 3 heteroatoms. The Bertz CT molecular complexity index is 233. The van der Waals surface area contributed by atoms with Gasteiger partial charge in [-0.25, -0.2) is 0 Å². The summed E-state index contributed by atoms with van der Waals surface area (Å²) < 4.78 is 5.47. The highest BCUT2D eigenvalue weighted by Gasteiger charge is 1.95. The van der Waals surface area contributed by atoms with E-state index in [4.69, 9.17) is 10.5 Å². The third-order valence-corrected chi connectivity index (χ3v) is 1.46. The van der Waals surface area contributed by atoms with Gasteiger partial charge in [-0.05, 0) is 30.2 Å². The highest BCUT2D eigenvalue weighted by atomic mass is 35.5. The molecule has 0 unspecified atom stereocenters. The maximum Gasteiger partial charge on any atom is 0.119 e. The third kappa shape index (κ3) is 4.63. The Kier molecular flexibility index (Phi) is 5.31. The molecule has 0 atom stereocenters. The predicted molar refractivity (Wildman–Crippen MR) is 51.2 cm³/mol. The van der Waals surface area contributed by atoms with Crippen molar-refractivity contribution in [3.05, 3.63) is 24.3 Å². The second-order valence-corrected chi connectivity index (χ2v) is 3.27. The van der Waals surface area contributed by atoms with Gasteiger partial charge in [0.1, 0.15) is 5.75 Å². The lowest BCUT2D eigenvalue weighted by molar-refractivity contribution is -0.00000302.